The molecule has 1 amide bonds. The van der Waals surface area contributed by atoms with Crippen molar-refractivity contribution >= 4 is 22.4 Å². The minimum Gasteiger partial charge on any atom is -0.316 e. The third-order valence-corrected chi connectivity index (χ3v) is 5.58. The standard InChI is InChI=1S/C19H23N7OS/c1-13-4-2-5-14(8-13)9-17-23-24-19(28-17)21-18(27)16-12-26(25-22-16)11-15-6-3-7-20-10-15/h2,4-5,8,12,15,20H,3,6-7,9-11H2,1H3,(H,21,24,27). The number of anilines is 1. The van der Waals surface area contributed by atoms with Gasteiger partial charge in [-0.05, 0) is 44.3 Å². The van der Waals surface area contributed by atoms with Gasteiger partial charge in [0.25, 0.3) is 5.91 Å². The van der Waals surface area contributed by atoms with Crippen LogP contribution in [0.3, 0.4) is 0 Å². The highest BCUT2D eigenvalue weighted by Crippen LogP contribution is 2.19. The summed E-state index contributed by atoms with van der Waals surface area (Å²) in [6.45, 7) is 4.89. The number of benzene rings is 1. The van der Waals surface area contributed by atoms with E-state index in [-0.39, 0.29) is 5.91 Å². The molecule has 1 saturated heterocycles. The first kappa shape index (κ1) is 18.7. The molecule has 0 aliphatic carbocycles. The highest BCUT2D eigenvalue weighted by Gasteiger charge is 2.17. The van der Waals surface area contributed by atoms with Crippen LogP contribution in [0.15, 0.2) is 30.5 Å². The molecule has 1 unspecified atom stereocenters. The van der Waals surface area contributed by atoms with E-state index >= 15 is 0 Å². The van der Waals surface area contributed by atoms with E-state index in [4.69, 9.17) is 0 Å². The lowest BCUT2D eigenvalue weighted by Crippen LogP contribution is -2.32. The molecule has 4 rings (SSSR count). The maximum Gasteiger partial charge on any atom is 0.279 e. The van der Waals surface area contributed by atoms with Crippen LogP contribution in [0.1, 0.15) is 39.5 Å². The molecule has 8 nitrogen and oxygen atoms in total. The average molecular weight is 398 g/mol. The third-order valence-electron chi connectivity index (χ3n) is 4.74. The van der Waals surface area contributed by atoms with Gasteiger partial charge in [0, 0.05) is 13.0 Å². The molecule has 0 bridgehead atoms. The van der Waals surface area contributed by atoms with Crippen LogP contribution in [0.25, 0.3) is 0 Å². The van der Waals surface area contributed by atoms with Crippen LogP contribution in [-0.2, 0) is 13.0 Å². The molecule has 9 heteroatoms. The number of hydrogen-bond donors (Lipinski definition) is 2. The second-order valence-electron chi connectivity index (χ2n) is 7.16. The second kappa shape index (κ2) is 8.57. The number of hydrogen-bond acceptors (Lipinski definition) is 7. The van der Waals surface area contributed by atoms with Crippen molar-refractivity contribution in [2.45, 2.75) is 32.7 Å². The maximum absolute atomic E-state index is 12.4. The fourth-order valence-electron chi connectivity index (χ4n) is 3.37. The molecule has 1 atom stereocenters. The maximum atomic E-state index is 12.4. The zero-order valence-corrected chi connectivity index (χ0v) is 16.6. The fourth-order valence-corrected chi connectivity index (χ4v) is 4.14. The minimum absolute atomic E-state index is 0.291. The number of aromatic nitrogens is 5. The normalized spacial score (nSPS) is 16.8. The molecule has 1 aromatic carbocycles. The highest BCUT2D eigenvalue weighted by atomic mass is 32.1. The molecule has 2 aromatic heterocycles. The lowest BCUT2D eigenvalue weighted by Gasteiger charge is -2.22. The zero-order valence-electron chi connectivity index (χ0n) is 15.8. The van der Waals surface area contributed by atoms with Crippen LogP contribution in [0.2, 0.25) is 0 Å². The number of piperidine rings is 1. The zero-order chi connectivity index (χ0) is 19.3. The molecular formula is C19H23N7OS. The Bertz CT molecular complexity index is 945. The lowest BCUT2D eigenvalue weighted by molar-refractivity contribution is 0.102. The van der Waals surface area contributed by atoms with Gasteiger partial charge in [-0.3, -0.25) is 14.8 Å². The molecule has 1 fully saturated rings. The second-order valence-corrected chi connectivity index (χ2v) is 8.22. The van der Waals surface area contributed by atoms with Gasteiger partial charge in [0.1, 0.15) is 5.01 Å². The van der Waals surface area contributed by atoms with Crippen molar-refractivity contribution in [2.75, 3.05) is 18.4 Å². The number of amides is 1. The molecular weight excluding hydrogens is 374 g/mol. The predicted octanol–water partition coefficient (Wildman–Crippen LogP) is 2.28. The molecule has 0 saturated carbocycles. The number of nitrogens with one attached hydrogen (secondary N) is 2. The van der Waals surface area contributed by atoms with Crippen LogP contribution < -0.4 is 10.6 Å². The van der Waals surface area contributed by atoms with Crippen LogP contribution in [-0.4, -0.2) is 44.2 Å². The Morgan fingerprint density at radius 2 is 2.29 bits per heavy atom. The number of nitrogens with zero attached hydrogens (tertiary/aromatic N) is 5. The number of carbonyl (C=O) groups excluding carboxylic acids is 1. The van der Waals surface area contributed by atoms with Gasteiger partial charge in [-0.15, -0.1) is 15.3 Å². The van der Waals surface area contributed by atoms with Crippen LogP contribution in [0.5, 0.6) is 0 Å². The quantitative estimate of drug-likeness (QED) is 0.662. The number of aryl methyl sites for hydroxylation is 1. The van der Waals surface area contributed by atoms with Crippen molar-refractivity contribution in [3.63, 3.8) is 0 Å². The molecule has 1 aliphatic rings. The molecule has 146 valence electrons. The third kappa shape index (κ3) is 4.79. The molecule has 1 aliphatic heterocycles. The first-order chi connectivity index (χ1) is 13.7. The van der Waals surface area contributed by atoms with Gasteiger partial charge < -0.3 is 5.32 Å². The Balaban J connectivity index is 1.34. The summed E-state index contributed by atoms with van der Waals surface area (Å²) < 4.78 is 1.75. The van der Waals surface area contributed by atoms with Gasteiger partial charge in [0.15, 0.2) is 5.69 Å². The summed E-state index contributed by atoms with van der Waals surface area (Å²) in [6.07, 6.45) is 4.73. The highest BCUT2D eigenvalue weighted by molar-refractivity contribution is 7.15. The Labute approximate surface area is 167 Å². The lowest BCUT2D eigenvalue weighted by atomic mass is 10.00. The molecule has 0 spiro atoms. The van der Waals surface area contributed by atoms with E-state index in [1.165, 1.54) is 35.3 Å². The van der Waals surface area contributed by atoms with E-state index in [2.05, 4.69) is 56.3 Å². The monoisotopic (exact) mass is 397 g/mol. The summed E-state index contributed by atoms with van der Waals surface area (Å²) in [5.41, 5.74) is 2.68. The molecule has 3 heterocycles. The van der Waals surface area contributed by atoms with Crippen LogP contribution in [0.4, 0.5) is 5.13 Å². The van der Waals surface area contributed by atoms with Gasteiger partial charge in [-0.2, -0.15) is 0 Å². The Morgan fingerprint density at radius 1 is 1.36 bits per heavy atom. The topological polar surface area (TPSA) is 97.6 Å². The van der Waals surface area contributed by atoms with Crippen molar-refractivity contribution in [2.24, 2.45) is 5.92 Å². The van der Waals surface area contributed by atoms with E-state index in [0.717, 1.165) is 24.6 Å². The van der Waals surface area contributed by atoms with E-state index in [0.29, 0.717) is 23.2 Å². The minimum atomic E-state index is -0.314. The van der Waals surface area contributed by atoms with E-state index in [1.807, 2.05) is 6.07 Å². The van der Waals surface area contributed by atoms with E-state index in [1.54, 1.807) is 10.9 Å². The predicted molar refractivity (Wildman–Crippen MR) is 107 cm³/mol. The van der Waals surface area contributed by atoms with Crippen molar-refractivity contribution in [3.8, 4) is 0 Å². The van der Waals surface area contributed by atoms with E-state index in [9.17, 15) is 4.79 Å². The molecule has 3 aromatic rings. The van der Waals surface area contributed by atoms with Gasteiger partial charge in [-0.1, -0.05) is 46.4 Å². The van der Waals surface area contributed by atoms with Crippen molar-refractivity contribution in [1.82, 2.24) is 30.5 Å². The Kier molecular flexibility index (Phi) is 5.73. The van der Waals surface area contributed by atoms with Gasteiger partial charge in [0.2, 0.25) is 5.13 Å². The molecule has 28 heavy (non-hydrogen) atoms. The molecule has 2 N–H and O–H groups in total. The Hall–Kier alpha value is -2.65. The van der Waals surface area contributed by atoms with E-state index < -0.39 is 0 Å². The summed E-state index contributed by atoms with van der Waals surface area (Å²) in [5.74, 6) is 0.213. The van der Waals surface area contributed by atoms with Crippen LogP contribution in [0, 0.1) is 12.8 Å². The largest absolute Gasteiger partial charge is 0.316 e. The summed E-state index contributed by atoms with van der Waals surface area (Å²) in [6, 6.07) is 8.28. The summed E-state index contributed by atoms with van der Waals surface area (Å²) in [5, 5.41) is 23.8. The SMILES string of the molecule is Cc1cccc(Cc2nnc(NC(=O)c3cn(CC4CCCNC4)nn3)s2)c1. The molecule has 0 radical (unpaired) electrons. The first-order valence-corrected chi connectivity index (χ1v) is 10.3. The summed E-state index contributed by atoms with van der Waals surface area (Å²) in [7, 11) is 0. The van der Waals surface area contributed by atoms with Crippen molar-refractivity contribution < 1.29 is 4.79 Å². The summed E-state index contributed by atoms with van der Waals surface area (Å²) in [4.78, 5) is 12.4. The van der Waals surface area contributed by atoms with Crippen molar-refractivity contribution in [1.29, 1.82) is 0 Å². The number of carbonyl (C=O) groups is 1. The smallest absolute Gasteiger partial charge is 0.279 e. The van der Waals surface area contributed by atoms with Gasteiger partial charge >= 0.3 is 0 Å². The van der Waals surface area contributed by atoms with Gasteiger partial charge in [0.05, 0.1) is 6.20 Å². The number of rotatable bonds is 6. The van der Waals surface area contributed by atoms with Crippen molar-refractivity contribution in [3.05, 3.63) is 52.3 Å². The Morgan fingerprint density at radius 3 is 3.11 bits per heavy atom. The first-order valence-electron chi connectivity index (χ1n) is 9.46. The van der Waals surface area contributed by atoms with Gasteiger partial charge in [-0.25, -0.2) is 0 Å². The fraction of sp³-hybridized carbons (Fsp3) is 0.421. The average Bonchev–Trinajstić information content (AvgIpc) is 3.32. The summed E-state index contributed by atoms with van der Waals surface area (Å²) >= 11 is 1.37. The van der Waals surface area contributed by atoms with Crippen LogP contribution >= 0.6 is 11.3 Å².